The number of nitrogens with one attached hydrogen (secondary N) is 1. The van der Waals surface area contributed by atoms with E-state index in [-0.39, 0.29) is 12.0 Å². The van der Waals surface area contributed by atoms with Crippen LogP contribution in [0.15, 0.2) is 0 Å². The highest BCUT2D eigenvalue weighted by atomic mass is 32.2. The van der Waals surface area contributed by atoms with Crippen LogP contribution in [-0.2, 0) is 10.0 Å². The number of sulfonamides is 1. The summed E-state index contributed by atoms with van der Waals surface area (Å²) in [5.74, 6) is 1.71. The average molecular weight is 316 g/mol. The van der Waals surface area contributed by atoms with Gasteiger partial charge in [0.25, 0.3) is 0 Å². The minimum Gasteiger partial charge on any atom is -0.391 e. The number of hydrogen-bond donors (Lipinski definition) is 2. The molecule has 2 rings (SSSR count). The Labute approximate surface area is 125 Å². The first-order valence-corrected chi connectivity index (χ1v) is 9.15. The molecule has 0 saturated heterocycles. The second-order valence-electron chi connectivity index (χ2n) is 6.13. The highest BCUT2D eigenvalue weighted by Crippen LogP contribution is 2.33. The van der Waals surface area contributed by atoms with E-state index < -0.39 is 22.2 Å². The maximum absolute atomic E-state index is 11.4. The number of aryl methyl sites for hydroxylation is 1. The van der Waals surface area contributed by atoms with E-state index in [1.165, 1.54) is 0 Å². The number of nitrogens with zero attached hydrogens (tertiary/aromatic N) is 3. The van der Waals surface area contributed by atoms with E-state index in [0.717, 1.165) is 24.3 Å². The summed E-state index contributed by atoms with van der Waals surface area (Å²) in [5.41, 5.74) is 0. The SMILES string of the molecule is Cc1nc([C@H]2CC[C@@H](O)[C@H](NS(C)(=O)=O)C2)n(C(C)C)n1. The zero-order chi connectivity index (χ0) is 15.8. The molecule has 0 radical (unpaired) electrons. The van der Waals surface area contributed by atoms with E-state index in [1.807, 2.05) is 25.5 Å². The highest BCUT2D eigenvalue weighted by molar-refractivity contribution is 7.88. The van der Waals surface area contributed by atoms with Crippen LogP contribution in [0, 0.1) is 6.92 Å². The maximum Gasteiger partial charge on any atom is 0.209 e. The maximum atomic E-state index is 11.4. The third-order valence-electron chi connectivity index (χ3n) is 3.80. The van der Waals surface area contributed by atoms with Gasteiger partial charge >= 0.3 is 0 Å². The molecule has 2 N–H and O–H groups in total. The lowest BCUT2D eigenvalue weighted by Gasteiger charge is -2.33. The molecule has 1 aliphatic carbocycles. The van der Waals surface area contributed by atoms with Gasteiger partial charge in [0.15, 0.2) is 0 Å². The van der Waals surface area contributed by atoms with Crippen molar-refractivity contribution >= 4 is 10.0 Å². The van der Waals surface area contributed by atoms with Crippen LogP contribution in [0.25, 0.3) is 0 Å². The molecule has 0 aromatic carbocycles. The van der Waals surface area contributed by atoms with Gasteiger partial charge in [0, 0.05) is 18.0 Å². The van der Waals surface area contributed by atoms with Crippen LogP contribution in [0.3, 0.4) is 0 Å². The molecule has 0 unspecified atom stereocenters. The molecular weight excluding hydrogens is 292 g/mol. The number of hydrogen-bond acceptors (Lipinski definition) is 5. The summed E-state index contributed by atoms with van der Waals surface area (Å²) in [4.78, 5) is 4.50. The van der Waals surface area contributed by atoms with Gasteiger partial charge < -0.3 is 5.11 Å². The van der Waals surface area contributed by atoms with Crippen LogP contribution in [-0.4, -0.2) is 46.7 Å². The van der Waals surface area contributed by atoms with Crippen molar-refractivity contribution in [2.45, 2.75) is 64.1 Å². The van der Waals surface area contributed by atoms with E-state index in [0.29, 0.717) is 12.8 Å². The Bertz CT molecular complexity index is 597. The second-order valence-corrected chi connectivity index (χ2v) is 7.91. The van der Waals surface area contributed by atoms with Crippen LogP contribution in [0.1, 0.15) is 56.7 Å². The van der Waals surface area contributed by atoms with Gasteiger partial charge in [-0.15, -0.1) is 0 Å². The van der Waals surface area contributed by atoms with Crippen molar-refractivity contribution in [1.29, 1.82) is 0 Å². The summed E-state index contributed by atoms with van der Waals surface area (Å²) in [6.45, 7) is 5.94. The molecule has 1 fully saturated rings. The Morgan fingerprint density at radius 2 is 2.05 bits per heavy atom. The number of aromatic nitrogens is 3. The molecule has 0 aliphatic heterocycles. The predicted octanol–water partition coefficient (Wildman–Crippen LogP) is 0.714. The van der Waals surface area contributed by atoms with Crippen LogP contribution < -0.4 is 4.72 Å². The molecule has 1 saturated carbocycles. The lowest BCUT2D eigenvalue weighted by Crippen LogP contribution is -2.46. The van der Waals surface area contributed by atoms with Crippen molar-refractivity contribution in [2.24, 2.45) is 0 Å². The minimum atomic E-state index is -3.34. The molecular formula is C13H24N4O3S. The zero-order valence-electron chi connectivity index (χ0n) is 12.9. The smallest absolute Gasteiger partial charge is 0.209 e. The van der Waals surface area contributed by atoms with E-state index in [2.05, 4.69) is 14.8 Å². The van der Waals surface area contributed by atoms with Crippen molar-refractivity contribution in [1.82, 2.24) is 19.5 Å². The van der Waals surface area contributed by atoms with Crippen molar-refractivity contribution in [3.05, 3.63) is 11.6 Å². The van der Waals surface area contributed by atoms with Gasteiger partial charge in [0.05, 0.1) is 12.4 Å². The monoisotopic (exact) mass is 316 g/mol. The van der Waals surface area contributed by atoms with E-state index in [1.54, 1.807) is 0 Å². The lowest BCUT2D eigenvalue weighted by molar-refractivity contribution is 0.0913. The van der Waals surface area contributed by atoms with E-state index in [9.17, 15) is 13.5 Å². The summed E-state index contributed by atoms with van der Waals surface area (Å²) in [6.07, 6.45) is 2.35. The molecule has 1 aromatic heterocycles. The van der Waals surface area contributed by atoms with Gasteiger partial charge in [-0.2, -0.15) is 5.10 Å². The van der Waals surface area contributed by atoms with Gasteiger partial charge in [-0.3, -0.25) is 0 Å². The predicted molar refractivity (Wildman–Crippen MR) is 79.5 cm³/mol. The normalized spacial score (nSPS) is 27.2. The van der Waals surface area contributed by atoms with Gasteiger partial charge in [-0.25, -0.2) is 22.8 Å². The average Bonchev–Trinajstić information content (AvgIpc) is 2.73. The Kier molecular flexibility index (Phi) is 4.69. The first-order chi connectivity index (χ1) is 9.67. The summed E-state index contributed by atoms with van der Waals surface area (Å²) in [5, 5.41) is 14.4. The molecule has 0 spiro atoms. The zero-order valence-corrected chi connectivity index (χ0v) is 13.8. The van der Waals surface area contributed by atoms with Gasteiger partial charge in [-0.05, 0) is 40.0 Å². The van der Waals surface area contributed by atoms with E-state index in [4.69, 9.17) is 0 Å². The van der Waals surface area contributed by atoms with Gasteiger partial charge in [0.2, 0.25) is 10.0 Å². The molecule has 120 valence electrons. The number of aliphatic hydroxyl groups is 1. The molecule has 3 atom stereocenters. The third kappa shape index (κ3) is 4.02. The van der Waals surface area contributed by atoms with Crippen LogP contribution >= 0.6 is 0 Å². The molecule has 21 heavy (non-hydrogen) atoms. The molecule has 7 nitrogen and oxygen atoms in total. The highest BCUT2D eigenvalue weighted by Gasteiger charge is 2.34. The Balaban J connectivity index is 2.22. The molecule has 8 heteroatoms. The first-order valence-electron chi connectivity index (χ1n) is 7.25. The summed E-state index contributed by atoms with van der Waals surface area (Å²) in [6, 6.07) is -0.259. The summed E-state index contributed by atoms with van der Waals surface area (Å²) >= 11 is 0. The third-order valence-corrected chi connectivity index (χ3v) is 4.53. The van der Waals surface area contributed by atoms with Crippen LogP contribution in [0.4, 0.5) is 0 Å². The molecule has 1 aliphatic rings. The fraction of sp³-hybridized carbons (Fsp3) is 0.846. The topological polar surface area (TPSA) is 97.1 Å². The van der Waals surface area contributed by atoms with Crippen molar-refractivity contribution in [3.8, 4) is 0 Å². The Morgan fingerprint density at radius 1 is 1.38 bits per heavy atom. The fourth-order valence-corrected chi connectivity index (χ4v) is 3.70. The van der Waals surface area contributed by atoms with E-state index >= 15 is 0 Å². The van der Waals surface area contributed by atoms with Crippen LogP contribution in [0.2, 0.25) is 0 Å². The van der Waals surface area contributed by atoms with Crippen molar-refractivity contribution in [2.75, 3.05) is 6.26 Å². The van der Waals surface area contributed by atoms with Gasteiger partial charge in [0.1, 0.15) is 11.6 Å². The summed E-state index contributed by atoms with van der Waals surface area (Å²) < 4.78 is 27.3. The minimum absolute atomic E-state index is 0.108. The van der Waals surface area contributed by atoms with Crippen molar-refractivity contribution in [3.63, 3.8) is 0 Å². The first kappa shape index (κ1) is 16.4. The fourth-order valence-electron chi connectivity index (χ4n) is 2.90. The molecule has 1 aromatic rings. The Hall–Kier alpha value is -0.990. The van der Waals surface area contributed by atoms with Crippen molar-refractivity contribution < 1.29 is 13.5 Å². The van der Waals surface area contributed by atoms with Gasteiger partial charge in [-0.1, -0.05) is 0 Å². The lowest BCUT2D eigenvalue weighted by atomic mass is 9.83. The second kappa shape index (κ2) is 6.02. The molecule has 0 bridgehead atoms. The number of aliphatic hydroxyl groups excluding tert-OH is 1. The molecule has 0 amide bonds. The largest absolute Gasteiger partial charge is 0.391 e. The Morgan fingerprint density at radius 3 is 2.62 bits per heavy atom. The summed E-state index contributed by atoms with van der Waals surface area (Å²) in [7, 11) is -3.34. The number of rotatable bonds is 4. The quantitative estimate of drug-likeness (QED) is 0.853. The van der Waals surface area contributed by atoms with Crippen LogP contribution in [0.5, 0.6) is 0 Å². The standard InChI is InChI=1S/C13H24N4O3S/c1-8(2)17-13(14-9(3)15-17)10-5-6-12(18)11(7-10)16-21(4,19)20/h8,10-12,16,18H,5-7H2,1-4H3/t10-,11+,12+/m0/s1. The molecule has 1 heterocycles.